The summed E-state index contributed by atoms with van der Waals surface area (Å²) in [6.45, 7) is 1.05. The van der Waals surface area contributed by atoms with Gasteiger partial charge in [0.1, 0.15) is 11.0 Å². The first-order valence-electron chi connectivity index (χ1n) is 8.60. The third-order valence-electron chi connectivity index (χ3n) is 5.37. The molecule has 3 aromatic rings. The molecule has 4 heteroatoms. The molecule has 0 N–H and O–H groups in total. The van der Waals surface area contributed by atoms with Crippen LogP contribution in [0.4, 0.5) is 0 Å². The molecule has 3 heterocycles. The fourth-order valence-corrected chi connectivity index (χ4v) is 4.15. The predicted molar refractivity (Wildman–Crippen MR) is 93.2 cm³/mol. The van der Waals surface area contributed by atoms with E-state index in [-0.39, 0.29) is 0 Å². The van der Waals surface area contributed by atoms with E-state index in [4.69, 9.17) is 4.63 Å². The second-order valence-electron chi connectivity index (χ2n) is 6.82. The van der Waals surface area contributed by atoms with Crippen molar-refractivity contribution >= 4 is 16.6 Å². The molecular weight excluding hydrogens is 298 g/mol. The SMILES string of the molecule is C1=C(c2ccc3nonc3c2)CC2CCC1N2Cc1ccccc1. The van der Waals surface area contributed by atoms with Crippen molar-refractivity contribution in [1.29, 1.82) is 0 Å². The number of rotatable bonds is 3. The molecule has 120 valence electrons. The summed E-state index contributed by atoms with van der Waals surface area (Å²) in [6, 6.07) is 18.2. The fraction of sp³-hybridized carbons (Fsp3) is 0.300. The van der Waals surface area contributed by atoms with E-state index in [0.29, 0.717) is 12.1 Å². The molecule has 0 spiro atoms. The predicted octanol–water partition coefficient (Wildman–Crippen LogP) is 4.04. The molecule has 2 aliphatic rings. The molecule has 1 fully saturated rings. The highest BCUT2D eigenvalue weighted by molar-refractivity contribution is 5.80. The van der Waals surface area contributed by atoms with Crippen molar-refractivity contribution in [2.75, 3.05) is 0 Å². The minimum absolute atomic E-state index is 0.546. The summed E-state index contributed by atoms with van der Waals surface area (Å²) in [5, 5.41) is 7.87. The average Bonchev–Trinajstić information content (AvgIpc) is 3.16. The summed E-state index contributed by atoms with van der Waals surface area (Å²) in [7, 11) is 0. The standard InChI is InChI=1S/C20H19N3O/c1-2-4-14(5-3-1)13-23-17-7-8-18(23)11-16(10-17)15-6-9-19-20(12-15)22-24-21-19/h1-6,9-10,12,17-18H,7-8,11,13H2. The van der Waals surface area contributed by atoms with Crippen molar-refractivity contribution < 1.29 is 4.63 Å². The maximum atomic E-state index is 4.82. The van der Waals surface area contributed by atoms with Gasteiger partial charge in [-0.1, -0.05) is 42.5 Å². The molecule has 2 aliphatic heterocycles. The molecule has 2 bridgehead atoms. The Labute approximate surface area is 140 Å². The number of aromatic nitrogens is 2. The van der Waals surface area contributed by atoms with Crippen LogP contribution in [0.5, 0.6) is 0 Å². The topological polar surface area (TPSA) is 42.2 Å². The van der Waals surface area contributed by atoms with E-state index >= 15 is 0 Å². The Morgan fingerprint density at radius 2 is 1.88 bits per heavy atom. The zero-order valence-electron chi connectivity index (χ0n) is 13.4. The Morgan fingerprint density at radius 1 is 1.00 bits per heavy atom. The van der Waals surface area contributed by atoms with E-state index in [2.05, 4.69) is 63.8 Å². The van der Waals surface area contributed by atoms with Crippen LogP contribution in [0.25, 0.3) is 16.6 Å². The molecule has 2 unspecified atom stereocenters. The summed E-state index contributed by atoms with van der Waals surface area (Å²) in [4.78, 5) is 2.66. The summed E-state index contributed by atoms with van der Waals surface area (Å²) < 4.78 is 4.82. The summed E-state index contributed by atoms with van der Waals surface area (Å²) in [6.07, 6.45) is 6.11. The Balaban J connectivity index is 1.43. The average molecular weight is 317 g/mol. The first-order chi connectivity index (χ1) is 11.9. The second kappa shape index (κ2) is 5.56. The van der Waals surface area contributed by atoms with E-state index < -0.39 is 0 Å². The third-order valence-corrected chi connectivity index (χ3v) is 5.37. The van der Waals surface area contributed by atoms with Crippen LogP contribution in [0.3, 0.4) is 0 Å². The molecule has 24 heavy (non-hydrogen) atoms. The lowest BCUT2D eigenvalue weighted by Crippen LogP contribution is -2.37. The largest absolute Gasteiger partial charge is 0.289 e. The van der Waals surface area contributed by atoms with Gasteiger partial charge in [0, 0.05) is 18.6 Å². The number of nitrogens with zero attached hydrogens (tertiary/aromatic N) is 3. The van der Waals surface area contributed by atoms with Gasteiger partial charge < -0.3 is 0 Å². The lowest BCUT2D eigenvalue weighted by molar-refractivity contribution is 0.203. The van der Waals surface area contributed by atoms with E-state index in [1.54, 1.807) is 0 Å². The zero-order valence-corrected chi connectivity index (χ0v) is 13.4. The zero-order chi connectivity index (χ0) is 15.9. The highest BCUT2D eigenvalue weighted by Crippen LogP contribution is 2.39. The maximum absolute atomic E-state index is 4.82. The molecule has 0 saturated carbocycles. The number of fused-ring (bicyclic) bond motifs is 3. The van der Waals surface area contributed by atoms with Crippen LogP contribution in [0.15, 0.2) is 59.2 Å². The molecule has 4 nitrogen and oxygen atoms in total. The van der Waals surface area contributed by atoms with E-state index in [1.807, 2.05) is 6.07 Å². The van der Waals surface area contributed by atoms with Crippen molar-refractivity contribution in [1.82, 2.24) is 15.2 Å². The van der Waals surface area contributed by atoms with Gasteiger partial charge in [-0.15, -0.1) is 0 Å². The van der Waals surface area contributed by atoms with Gasteiger partial charge in [0.25, 0.3) is 0 Å². The van der Waals surface area contributed by atoms with Crippen molar-refractivity contribution in [3.8, 4) is 0 Å². The van der Waals surface area contributed by atoms with Gasteiger partial charge in [-0.2, -0.15) is 0 Å². The van der Waals surface area contributed by atoms with Crippen LogP contribution < -0.4 is 0 Å². The molecule has 0 amide bonds. The van der Waals surface area contributed by atoms with Crippen molar-refractivity contribution in [3.05, 3.63) is 65.7 Å². The smallest absolute Gasteiger partial charge is 0.135 e. The van der Waals surface area contributed by atoms with E-state index in [9.17, 15) is 0 Å². The van der Waals surface area contributed by atoms with Gasteiger partial charge in [-0.25, -0.2) is 4.63 Å². The van der Waals surface area contributed by atoms with E-state index in [0.717, 1.165) is 24.0 Å². The van der Waals surface area contributed by atoms with Gasteiger partial charge in [0.15, 0.2) is 0 Å². The Hall–Kier alpha value is -2.46. The normalized spacial score (nSPS) is 23.6. The molecule has 2 aromatic carbocycles. The van der Waals surface area contributed by atoms with Gasteiger partial charge in [-0.3, -0.25) is 4.90 Å². The van der Waals surface area contributed by atoms with Gasteiger partial charge in [0.05, 0.1) is 0 Å². The Kier molecular flexibility index (Phi) is 3.23. The molecule has 0 radical (unpaired) electrons. The fourth-order valence-electron chi connectivity index (χ4n) is 4.15. The Bertz CT molecular complexity index is 899. The monoisotopic (exact) mass is 317 g/mol. The third kappa shape index (κ3) is 2.34. The number of hydrogen-bond donors (Lipinski definition) is 0. The molecular formula is C20H19N3O. The number of benzene rings is 2. The van der Waals surface area contributed by atoms with Gasteiger partial charge >= 0.3 is 0 Å². The van der Waals surface area contributed by atoms with Crippen LogP contribution >= 0.6 is 0 Å². The van der Waals surface area contributed by atoms with E-state index in [1.165, 1.54) is 29.5 Å². The lowest BCUT2D eigenvalue weighted by atomic mass is 9.94. The van der Waals surface area contributed by atoms with Crippen molar-refractivity contribution in [2.24, 2.45) is 0 Å². The van der Waals surface area contributed by atoms with Crippen LogP contribution in [0.2, 0.25) is 0 Å². The molecule has 1 saturated heterocycles. The van der Waals surface area contributed by atoms with Gasteiger partial charge in [0.2, 0.25) is 0 Å². The molecule has 2 atom stereocenters. The van der Waals surface area contributed by atoms with Gasteiger partial charge in [-0.05, 0) is 58.4 Å². The minimum Gasteiger partial charge on any atom is -0.289 e. The highest BCUT2D eigenvalue weighted by Gasteiger charge is 2.36. The minimum atomic E-state index is 0.546. The lowest BCUT2D eigenvalue weighted by Gasteiger charge is -2.34. The maximum Gasteiger partial charge on any atom is 0.135 e. The molecule has 0 aliphatic carbocycles. The summed E-state index contributed by atoms with van der Waals surface area (Å²) in [5.74, 6) is 0. The van der Waals surface area contributed by atoms with Crippen LogP contribution in [-0.4, -0.2) is 27.3 Å². The quantitative estimate of drug-likeness (QED) is 0.731. The van der Waals surface area contributed by atoms with Crippen LogP contribution in [0.1, 0.15) is 30.4 Å². The van der Waals surface area contributed by atoms with Crippen molar-refractivity contribution in [2.45, 2.75) is 37.9 Å². The molecule has 5 rings (SSSR count). The highest BCUT2D eigenvalue weighted by atomic mass is 16.6. The van der Waals surface area contributed by atoms with Crippen molar-refractivity contribution in [3.63, 3.8) is 0 Å². The number of hydrogen-bond acceptors (Lipinski definition) is 4. The summed E-state index contributed by atoms with van der Waals surface area (Å²) in [5.41, 5.74) is 5.77. The Morgan fingerprint density at radius 3 is 2.75 bits per heavy atom. The molecule has 1 aromatic heterocycles. The first-order valence-corrected chi connectivity index (χ1v) is 8.60. The second-order valence-corrected chi connectivity index (χ2v) is 6.82. The summed E-state index contributed by atoms with van der Waals surface area (Å²) >= 11 is 0. The van der Waals surface area contributed by atoms with Crippen LogP contribution in [0, 0.1) is 0 Å². The van der Waals surface area contributed by atoms with Crippen LogP contribution in [-0.2, 0) is 6.54 Å². The first kappa shape index (κ1) is 13.9.